The second-order valence-electron chi connectivity index (χ2n) is 6.88. The zero-order valence-electron chi connectivity index (χ0n) is 13.2. The quantitative estimate of drug-likeness (QED) is 0.845. The van der Waals surface area contributed by atoms with Crippen molar-refractivity contribution in [3.63, 3.8) is 0 Å². The number of aliphatic hydroxyl groups excluding tert-OH is 1. The summed E-state index contributed by atoms with van der Waals surface area (Å²) in [5.74, 6) is 2.07. The van der Waals surface area contributed by atoms with Crippen LogP contribution in [0.1, 0.15) is 43.0 Å². The Morgan fingerprint density at radius 1 is 1.22 bits per heavy atom. The molecule has 6 heteroatoms. The number of hydrogen-bond acceptors (Lipinski definition) is 5. The Labute approximate surface area is 136 Å². The summed E-state index contributed by atoms with van der Waals surface area (Å²) in [5, 5.41) is 13.7. The first kappa shape index (κ1) is 14.8. The largest absolute Gasteiger partial charge is 0.391 e. The number of aromatic nitrogens is 4. The maximum atomic E-state index is 10.3. The fourth-order valence-electron chi connectivity index (χ4n) is 3.44. The summed E-state index contributed by atoms with van der Waals surface area (Å²) in [6.45, 7) is 1.64. The van der Waals surface area contributed by atoms with E-state index in [1.807, 2.05) is 24.9 Å². The highest BCUT2D eigenvalue weighted by Crippen LogP contribution is 2.37. The van der Waals surface area contributed by atoms with E-state index >= 15 is 0 Å². The Morgan fingerprint density at radius 2 is 2.04 bits per heavy atom. The van der Waals surface area contributed by atoms with Crippen LogP contribution in [0.4, 0.5) is 0 Å². The molecule has 2 aromatic rings. The molecule has 2 aliphatic carbocycles. The Bertz CT molecular complexity index is 623. The third kappa shape index (κ3) is 3.59. The fraction of sp³-hybridized carbons (Fsp3) is 0.588. The van der Waals surface area contributed by atoms with Crippen LogP contribution >= 0.6 is 0 Å². The van der Waals surface area contributed by atoms with Crippen molar-refractivity contribution in [2.45, 2.75) is 56.8 Å². The van der Waals surface area contributed by atoms with Crippen LogP contribution in [0.2, 0.25) is 0 Å². The highest BCUT2D eigenvalue weighted by Gasteiger charge is 2.32. The summed E-state index contributed by atoms with van der Waals surface area (Å²) in [6, 6.07) is 0.145. The van der Waals surface area contributed by atoms with Gasteiger partial charge in [0, 0.05) is 55.4 Å². The molecule has 0 amide bonds. The molecule has 4 rings (SSSR count). The predicted molar refractivity (Wildman–Crippen MR) is 85.6 cm³/mol. The van der Waals surface area contributed by atoms with Gasteiger partial charge in [0.05, 0.1) is 12.4 Å². The summed E-state index contributed by atoms with van der Waals surface area (Å²) < 4.78 is 2.09. The first-order valence-electron chi connectivity index (χ1n) is 8.46. The van der Waals surface area contributed by atoms with E-state index in [-0.39, 0.29) is 12.1 Å². The molecule has 122 valence electrons. The maximum absolute atomic E-state index is 10.3. The zero-order chi connectivity index (χ0) is 15.6. The van der Waals surface area contributed by atoms with Gasteiger partial charge in [0.2, 0.25) is 0 Å². The molecule has 1 unspecified atom stereocenters. The van der Waals surface area contributed by atoms with Crippen molar-refractivity contribution in [3.05, 3.63) is 42.5 Å². The lowest BCUT2D eigenvalue weighted by Gasteiger charge is -2.16. The molecule has 23 heavy (non-hydrogen) atoms. The van der Waals surface area contributed by atoms with Crippen molar-refractivity contribution in [1.82, 2.24) is 24.8 Å². The molecule has 3 atom stereocenters. The second-order valence-corrected chi connectivity index (χ2v) is 6.88. The second kappa shape index (κ2) is 6.37. The van der Waals surface area contributed by atoms with Gasteiger partial charge in [-0.05, 0) is 31.6 Å². The van der Waals surface area contributed by atoms with E-state index in [4.69, 9.17) is 0 Å². The van der Waals surface area contributed by atoms with E-state index in [9.17, 15) is 5.11 Å². The Hall–Kier alpha value is -1.79. The Morgan fingerprint density at radius 3 is 2.74 bits per heavy atom. The van der Waals surface area contributed by atoms with Gasteiger partial charge < -0.3 is 15.0 Å². The molecule has 0 aliphatic heterocycles. The molecule has 0 saturated heterocycles. The topological polar surface area (TPSA) is 75.9 Å². The summed E-state index contributed by atoms with van der Waals surface area (Å²) in [6.07, 6.45) is 13.4. The van der Waals surface area contributed by atoms with Crippen LogP contribution in [0.3, 0.4) is 0 Å². The number of hydrogen-bond donors (Lipinski definition) is 2. The van der Waals surface area contributed by atoms with Crippen LogP contribution in [0.5, 0.6) is 0 Å². The van der Waals surface area contributed by atoms with Crippen molar-refractivity contribution in [2.24, 2.45) is 5.92 Å². The molecule has 0 spiro atoms. The molecule has 2 fully saturated rings. The van der Waals surface area contributed by atoms with Gasteiger partial charge in [-0.25, -0.2) is 15.0 Å². The number of nitrogens with zero attached hydrogens (tertiary/aromatic N) is 4. The van der Waals surface area contributed by atoms with Crippen LogP contribution in [0.15, 0.2) is 31.1 Å². The standard InChI is InChI=1S/C17H23N5O/c23-16-6-12(10-22-4-3-18-11-22)5-15(16)19-7-13-8-20-17(21-9-13)14-1-2-14/h3-4,8-9,11-12,14-16,19,23H,1-2,5-7,10H2/t12?,15-,16-/m1/s1. The molecule has 2 saturated carbocycles. The third-order valence-corrected chi connectivity index (χ3v) is 4.89. The molecule has 2 aromatic heterocycles. The van der Waals surface area contributed by atoms with Crippen molar-refractivity contribution in [3.8, 4) is 0 Å². The lowest BCUT2D eigenvalue weighted by atomic mass is 10.1. The van der Waals surface area contributed by atoms with Gasteiger partial charge in [-0.3, -0.25) is 0 Å². The van der Waals surface area contributed by atoms with Gasteiger partial charge in [0.1, 0.15) is 5.82 Å². The van der Waals surface area contributed by atoms with Gasteiger partial charge in [-0.1, -0.05) is 0 Å². The lowest BCUT2D eigenvalue weighted by molar-refractivity contribution is 0.145. The van der Waals surface area contributed by atoms with Crippen LogP contribution in [-0.4, -0.2) is 36.8 Å². The zero-order valence-corrected chi connectivity index (χ0v) is 13.2. The molecular formula is C17H23N5O. The minimum atomic E-state index is -0.282. The molecule has 6 nitrogen and oxygen atoms in total. The van der Waals surface area contributed by atoms with Crippen LogP contribution in [-0.2, 0) is 13.1 Å². The highest BCUT2D eigenvalue weighted by atomic mass is 16.3. The number of imidazole rings is 1. The van der Waals surface area contributed by atoms with E-state index in [1.165, 1.54) is 12.8 Å². The molecule has 0 bridgehead atoms. The predicted octanol–water partition coefficient (Wildman–Crippen LogP) is 1.48. The van der Waals surface area contributed by atoms with Gasteiger partial charge in [-0.2, -0.15) is 0 Å². The maximum Gasteiger partial charge on any atom is 0.131 e. The minimum absolute atomic E-state index is 0.145. The summed E-state index contributed by atoms with van der Waals surface area (Å²) in [4.78, 5) is 13.0. The molecule has 2 heterocycles. The molecular weight excluding hydrogens is 290 g/mol. The van der Waals surface area contributed by atoms with Crippen molar-refractivity contribution in [1.29, 1.82) is 0 Å². The number of rotatable bonds is 6. The van der Waals surface area contributed by atoms with Gasteiger partial charge in [0.25, 0.3) is 0 Å². The van der Waals surface area contributed by atoms with E-state index in [2.05, 4.69) is 24.8 Å². The molecule has 0 radical (unpaired) electrons. The lowest BCUT2D eigenvalue weighted by Crippen LogP contribution is -2.35. The fourth-order valence-corrected chi connectivity index (χ4v) is 3.44. The normalized spacial score (nSPS) is 27.4. The van der Waals surface area contributed by atoms with Crippen LogP contribution in [0, 0.1) is 5.92 Å². The van der Waals surface area contributed by atoms with Crippen LogP contribution in [0.25, 0.3) is 0 Å². The summed E-state index contributed by atoms with van der Waals surface area (Å²) in [5.41, 5.74) is 1.08. The monoisotopic (exact) mass is 313 g/mol. The van der Waals surface area contributed by atoms with Gasteiger partial charge in [0.15, 0.2) is 0 Å². The summed E-state index contributed by atoms with van der Waals surface area (Å²) in [7, 11) is 0. The average Bonchev–Trinajstić information content (AvgIpc) is 3.18. The van der Waals surface area contributed by atoms with E-state index in [0.717, 1.165) is 30.8 Å². The third-order valence-electron chi connectivity index (χ3n) is 4.89. The molecule has 2 aliphatic rings. The first-order chi connectivity index (χ1) is 11.3. The number of nitrogens with one attached hydrogen (secondary N) is 1. The SMILES string of the molecule is O[C@@H]1CC(Cn2ccnc2)C[C@H]1NCc1cnc(C2CC2)nc1. The van der Waals surface area contributed by atoms with Crippen LogP contribution < -0.4 is 5.32 Å². The minimum Gasteiger partial charge on any atom is -0.391 e. The van der Waals surface area contributed by atoms with Crippen molar-refractivity contribution >= 4 is 0 Å². The summed E-state index contributed by atoms with van der Waals surface area (Å²) >= 11 is 0. The number of aliphatic hydroxyl groups is 1. The van der Waals surface area contributed by atoms with Crippen molar-refractivity contribution < 1.29 is 5.11 Å². The first-order valence-corrected chi connectivity index (χ1v) is 8.46. The Balaban J connectivity index is 1.28. The van der Waals surface area contributed by atoms with E-state index in [1.54, 1.807) is 6.20 Å². The Kier molecular flexibility index (Phi) is 4.10. The highest BCUT2D eigenvalue weighted by molar-refractivity contribution is 5.11. The van der Waals surface area contributed by atoms with Crippen molar-refractivity contribution in [2.75, 3.05) is 0 Å². The molecule has 2 N–H and O–H groups in total. The molecule has 0 aromatic carbocycles. The van der Waals surface area contributed by atoms with Gasteiger partial charge in [-0.15, -0.1) is 0 Å². The van der Waals surface area contributed by atoms with E-state index < -0.39 is 0 Å². The van der Waals surface area contributed by atoms with E-state index in [0.29, 0.717) is 18.4 Å². The average molecular weight is 313 g/mol. The smallest absolute Gasteiger partial charge is 0.131 e. The van der Waals surface area contributed by atoms with Gasteiger partial charge >= 0.3 is 0 Å².